The summed E-state index contributed by atoms with van der Waals surface area (Å²) in [5.74, 6) is 0.0364. The predicted octanol–water partition coefficient (Wildman–Crippen LogP) is 3.19. The molecule has 158 valence electrons. The summed E-state index contributed by atoms with van der Waals surface area (Å²) in [5, 5.41) is 2.83. The number of carbonyl (C=O) groups is 3. The molecule has 1 saturated heterocycles. The van der Waals surface area contributed by atoms with Crippen LogP contribution in [0.4, 0.5) is 4.79 Å². The number of hydrogen-bond acceptors (Lipinski definition) is 6. The summed E-state index contributed by atoms with van der Waals surface area (Å²) in [5.41, 5.74) is 0.435. The van der Waals surface area contributed by atoms with Crippen molar-refractivity contribution in [1.82, 2.24) is 15.2 Å². The fraction of sp³-hybridized carbons (Fsp3) is 0.455. The zero-order valence-electron chi connectivity index (χ0n) is 17.1. The van der Waals surface area contributed by atoms with Gasteiger partial charge in [-0.2, -0.15) is 0 Å². The first-order chi connectivity index (χ1) is 14.4. The zero-order chi connectivity index (χ0) is 21.3. The number of ether oxygens (including phenoxy) is 1. The van der Waals surface area contributed by atoms with Gasteiger partial charge in [0.15, 0.2) is 0 Å². The van der Waals surface area contributed by atoms with Gasteiger partial charge in [-0.1, -0.05) is 38.0 Å². The van der Waals surface area contributed by atoms with Gasteiger partial charge < -0.3 is 14.5 Å². The first-order valence-electron chi connectivity index (χ1n) is 10.2. The number of urea groups is 1. The summed E-state index contributed by atoms with van der Waals surface area (Å²) in [4.78, 5) is 43.0. The van der Waals surface area contributed by atoms with Gasteiger partial charge in [0.05, 0.1) is 0 Å². The second kappa shape index (κ2) is 7.93. The summed E-state index contributed by atoms with van der Waals surface area (Å²) in [6.45, 7) is 3.21. The van der Waals surface area contributed by atoms with Crippen molar-refractivity contribution in [3.63, 3.8) is 0 Å². The number of carbonyl (C=O) groups excluding carboxylic acids is 3. The maximum atomic E-state index is 12.9. The van der Waals surface area contributed by atoms with Gasteiger partial charge in [-0.25, -0.2) is 9.78 Å². The van der Waals surface area contributed by atoms with Crippen molar-refractivity contribution in [2.24, 2.45) is 5.92 Å². The fourth-order valence-electron chi connectivity index (χ4n) is 4.23. The molecular weight excluding hydrogens is 386 g/mol. The Morgan fingerprint density at radius 3 is 2.80 bits per heavy atom. The fourth-order valence-corrected chi connectivity index (χ4v) is 4.23. The van der Waals surface area contributed by atoms with Crippen LogP contribution in [0.5, 0.6) is 0 Å². The van der Waals surface area contributed by atoms with E-state index in [4.69, 9.17) is 9.15 Å². The summed E-state index contributed by atoms with van der Waals surface area (Å²) < 4.78 is 10.9. The van der Waals surface area contributed by atoms with Crippen molar-refractivity contribution < 1.29 is 23.5 Å². The summed E-state index contributed by atoms with van der Waals surface area (Å²) >= 11 is 0. The van der Waals surface area contributed by atoms with Crippen molar-refractivity contribution in [2.45, 2.75) is 51.7 Å². The molecule has 2 heterocycles. The lowest BCUT2D eigenvalue weighted by Crippen LogP contribution is -2.54. The molecule has 0 bridgehead atoms. The average molecular weight is 411 g/mol. The predicted molar refractivity (Wildman–Crippen MR) is 107 cm³/mol. The molecule has 4 rings (SSSR count). The van der Waals surface area contributed by atoms with Crippen molar-refractivity contribution in [2.75, 3.05) is 6.54 Å². The smallest absolute Gasteiger partial charge is 0.326 e. The van der Waals surface area contributed by atoms with Gasteiger partial charge in [0.1, 0.15) is 30.1 Å². The highest BCUT2D eigenvalue weighted by Gasteiger charge is 2.55. The number of nitrogens with one attached hydrogen (secondary N) is 1. The maximum absolute atomic E-state index is 12.9. The molecule has 2 aromatic rings. The van der Waals surface area contributed by atoms with Gasteiger partial charge in [0, 0.05) is 5.56 Å². The molecule has 8 heteroatoms. The maximum Gasteiger partial charge on any atom is 0.326 e. The molecule has 8 nitrogen and oxygen atoms in total. The molecule has 3 amide bonds. The Hall–Kier alpha value is -3.16. The van der Waals surface area contributed by atoms with E-state index in [-0.39, 0.29) is 18.4 Å². The highest BCUT2D eigenvalue weighted by Crippen LogP contribution is 2.38. The Kier molecular flexibility index (Phi) is 5.32. The lowest BCUT2D eigenvalue weighted by Gasteiger charge is -2.36. The second-order valence-electron chi connectivity index (χ2n) is 7.99. The number of aromatic nitrogens is 1. The van der Waals surface area contributed by atoms with E-state index in [9.17, 15) is 14.4 Å². The number of nitrogens with zero attached hydrogens (tertiary/aromatic N) is 2. The molecule has 1 aromatic carbocycles. The zero-order valence-corrected chi connectivity index (χ0v) is 17.1. The molecule has 1 aliphatic carbocycles. The molecule has 1 N–H and O–H groups in total. The molecular formula is C22H25N3O5. The molecule has 0 radical (unpaired) electrons. The van der Waals surface area contributed by atoms with Crippen molar-refractivity contribution in [1.29, 1.82) is 0 Å². The Morgan fingerprint density at radius 2 is 2.07 bits per heavy atom. The Bertz CT molecular complexity index is 970. The number of hydrogen-bond donors (Lipinski definition) is 1. The van der Waals surface area contributed by atoms with Crippen LogP contribution in [0.1, 0.15) is 44.1 Å². The standard InChI is InChI=1S/C22H25N3O5/c1-14-8-6-7-11-22(14)20(27)25(21(28)24-22)12-18(26)29-13-17-15(2)30-19(23-17)16-9-4-3-5-10-16/h3-5,9-10,14H,6-8,11-13H2,1-2H3,(H,24,28). The van der Waals surface area contributed by atoms with E-state index >= 15 is 0 Å². The minimum absolute atomic E-state index is 0.0397. The van der Waals surface area contributed by atoms with Crippen molar-refractivity contribution in [3.05, 3.63) is 41.8 Å². The molecule has 2 unspecified atom stereocenters. The third kappa shape index (κ3) is 3.58. The molecule has 2 aliphatic rings. The largest absolute Gasteiger partial charge is 0.458 e. The normalized spacial score (nSPS) is 23.7. The monoisotopic (exact) mass is 411 g/mol. The number of oxazole rings is 1. The van der Waals surface area contributed by atoms with Crippen molar-refractivity contribution in [3.8, 4) is 11.5 Å². The first kappa shape index (κ1) is 20.1. The van der Waals surface area contributed by atoms with Gasteiger partial charge in [-0.15, -0.1) is 0 Å². The summed E-state index contributed by atoms with van der Waals surface area (Å²) in [6, 6.07) is 8.88. The SMILES string of the molecule is Cc1oc(-c2ccccc2)nc1COC(=O)CN1C(=O)NC2(CCCCC2C)C1=O. The van der Waals surface area contributed by atoms with Crippen LogP contribution >= 0.6 is 0 Å². The lowest BCUT2D eigenvalue weighted by molar-refractivity contribution is -0.149. The van der Waals surface area contributed by atoms with E-state index in [0.717, 1.165) is 29.7 Å². The molecule has 2 atom stereocenters. The van der Waals surface area contributed by atoms with Crippen LogP contribution in [0, 0.1) is 12.8 Å². The van der Waals surface area contributed by atoms with Gasteiger partial charge in [-0.3, -0.25) is 14.5 Å². The number of amides is 3. The lowest BCUT2D eigenvalue weighted by atomic mass is 9.73. The summed E-state index contributed by atoms with van der Waals surface area (Å²) in [7, 11) is 0. The Labute approximate surface area is 174 Å². The number of aryl methyl sites for hydroxylation is 1. The molecule has 2 fully saturated rings. The molecule has 1 saturated carbocycles. The van der Waals surface area contributed by atoms with Crippen LogP contribution < -0.4 is 5.32 Å². The highest BCUT2D eigenvalue weighted by molar-refractivity contribution is 6.08. The molecule has 1 spiro atoms. The number of rotatable bonds is 5. The van der Waals surface area contributed by atoms with Crippen LogP contribution in [-0.4, -0.2) is 39.9 Å². The van der Waals surface area contributed by atoms with Crippen LogP contribution in [0.2, 0.25) is 0 Å². The topological polar surface area (TPSA) is 102 Å². The summed E-state index contributed by atoms with van der Waals surface area (Å²) in [6.07, 6.45) is 3.39. The van der Waals surface area contributed by atoms with E-state index < -0.39 is 24.1 Å². The van der Waals surface area contributed by atoms with E-state index in [1.165, 1.54) is 0 Å². The molecule has 30 heavy (non-hydrogen) atoms. The average Bonchev–Trinajstić information content (AvgIpc) is 3.22. The minimum atomic E-state index is -0.886. The van der Waals surface area contributed by atoms with E-state index in [2.05, 4.69) is 10.3 Å². The van der Waals surface area contributed by atoms with E-state index in [0.29, 0.717) is 23.8 Å². The Balaban J connectivity index is 1.38. The third-order valence-corrected chi connectivity index (χ3v) is 6.07. The van der Waals surface area contributed by atoms with Crippen LogP contribution in [0.3, 0.4) is 0 Å². The highest BCUT2D eigenvalue weighted by atomic mass is 16.5. The number of esters is 1. The quantitative estimate of drug-likeness (QED) is 0.599. The van der Waals surface area contributed by atoms with Crippen LogP contribution in [-0.2, 0) is 20.9 Å². The third-order valence-electron chi connectivity index (χ3n) is 6.07. The van der Waals surface area contributed by atoms with Crippen LogP contribution in [0.25, 0.3) is 11.5 Å². The Morgan fingerprint density at radius 1 is 1.30 bits per heavy atom. The van der Waals surface area contributed by atoms with Crippen LogP contribution in [0.15, 0.2) is 34.7 Å². The molecule has 1 aromatic heterocycles. The van der Waals surface area contributed by atoms with Gasteiger partial charge in [0.2, 0.25) is 5.89 Å². The first-order valence-corrected chi connectivity index (χ1v) is 10.2. The number of benzene rings is 1. The minimum Gasteiger partial charge on any atom is -0.458 e. The van der Waals surface area contributed by atoms with Gasteiger partial charge in [-0.05, 0) is 37.8 Å². The van der Waals surface area contributed by atoms with Gasteiger partial charge >= 0.3 is 12.0 Å². The number of imide groups is 1. The van der Waals surface area contributed by atoms with E-state index in [1.54, 1.807) is 6.92 Å². The second-order valence-corrected chi connectivity index (χ2v) is 7.99. The molecule has 1 aliphatic heterocycles. The van der Waals surface area contributed by atoms with Gasteiger partial charge in [0.25, 0.3) is 5.91 Å². The van der Waals surface area contributed by atoms with Crippen molar-refractivity contribution >= 4 is 17.9 Å². The van der Waals surface area contributed by atoms with E-state index in [1.807, 2.05) is 37.3 Å².